The van der Waals surface area contributed by atoms with Crippen molar-refractivity contribution < 1.29 is 14.3 Å². The van der Waals surface area contributed by atoms with Crippen LogP contribution in [-0.2, 0) is 11.2 Å². The van der Waals surface area contributed by atoms with Crippen molar-refractivity contribution in [3.63, 3.8) is 0 Å². The van der Waals surface area contributed by atoms with Gasteiger partial charge in [-0.05, 0) is 83.7 Å². The molecule has 1 fully saturated rings. The van der Waals surface area contributed by atoms with E-state index in [1.54, 1.807) is 14.2 Å². The Kier molecular flexibility index (Phi) is 8.58. The van der Waals surface area contributed by atoms with E-state index in [-0.39, 0.29) is 11.9 Å². The summed E-state index contributed by atoms with van der Waals surface area (Å²) in [7, 11) is 3.33. The van der Waals surface area contributed by atoms with E-state index in [9.17, 15) is 4.79 Å². The maximum atomic E-state index is 12.6. The van der Waals surface area contributed by atoms with Gasteiger partial charge in [-0.1, -0.05) is 24.6 Å². The van der Waals surface area contributed by atoms with Crippen molar-refractivity contribution in [1.29, 1.82) is 0 Å². The largest absolute Gasteiger partial charge is 0.497 e. The number of carbonyl (C=O) groups excluding carboxylic acids is 1. The average Bonchev–Trinajstić information content (AvgIpc) is 2.79. The Labute approximate surface area is 187 Å². The van der Waals surface area contributed by atoms with E-state index < -0.39 is 0 Å². The van der Waals surface area contributed by atoms with Gasteiger partial charge >= 0.3 is 0 Å². The molecule has 0 bridgehead atoms. The minimum atomic E-state index is 0.0810. The summed E-state index contributed by atoms with van der Waals surface area (Å²) in [4.78, 5) is 15.0. The molecule has 6 heteroatoms. The zero-order valence-corrected chi connectivity index (χ0v) is 19.4. The Hall–Kier alpha value is -2.05. The van der Waals surface area contributed by atoms with Gasteiger partial charge in [-0.25, -0.2) is 0 Å². The highest BCUT2D eigenvalue weighted by Gasteiger charge is 2.23. The summed E-state index contributed by atoms with van der Waals surface area (Å²) < 4.78 is 11.5. The van der Waals surface area contributed by atoms with Gasteiger partial charge in [0.15, 0.2) is 0 Å². The molecular formula is C24H31BrN2O3. The molecule has 1 aliphatic rings. The van der Waals surface area contributed by atoms with Crippen LogP contribution in [0.1, 0.15) is 42.9 Å². The molecule has 1 atom stereocenters. The van der Waals surface area contributed by atoms with Gasteiger partial charge in [0.1, 0.15) is 11.5 Å². The summed E-state index contributed by atoms with van der Waals surface area (Å²) in [6.07, 6.45) is 4.88. The number of amides is 1. The molecule has 30 heavy (non-hydrogen) atoms. The molecule has 0 spiro atoms. The van der Waals surface area contributed by atoms with Gasteiger partial charge in [0.05, 0.1) is 24.7 Å². The van der Waals surface area contributed by atoms with Crippen molar-refractivity contribution in [3.05, 3.63) is 58.1 Å². The van der Waals surface area contributed by atoms with Gasteiger partial charge in [0.2, 0.25) is 5.91 Å². The maximum absolute atomic E-state index is 12.6. The first-order valence-electron chi connectivity index (χ1n) is 10.6. The third-order valence-corrected chi connectivity index (χ3v) is 6.30. The van der Waals surface area contributed by atoms with Crippen LogP contribution in [0, 0.1) is 0 Å². The number of piperidine rings is 1. The molecule has 1 amide bonds. The van der Waals surface area contributed by atoms with Gasteiger partial charge in [0.25, 0.3) is 0 Å². The number of likely N-dealkylation sites (tertiary alicyclic amines) is 1. The standard InChI is InChI=1S/C24H31BrN2O3/c1-29-20-10-8-19(9-11-20)22(27-14-4-3-5-15-27)17-26-24(28)13-7-18-6-12-23(30-2)21(25)16-18/h6,8-12,16,22H,3-5,7,13-15,17H2,1-2H3,(H,26,28). The predicted molar refractivity (Wildman–Crippen MR) is 123 cm³/mol. The van der Waals surface area contributed by atoms with Crippen LogP contribution in [0.2, 0.25) is 0 Å². The van der Waals surface area contributed by atoms with Crippen LogP contribution >= 0.6 is 15.9 Å². The number of rotatable bonds is 9. The highest BCUT2D eigenvalue weighted by molar-refractivity contribution is 9.10. The number of nitrogens with one attached hydrogen (secondary N) is 1. The quantitative estimate of drug-likeness (QED) is 0.569. The molecule has 0 aliphatic carbocycles. The summed E-state index contributed by atoms with van der Waals surface area (Å²) in [6.45, 7) is 2.77. The average molecular weight is 475 g/mol. The lowest BCUT2D eigenvalue weighted by molar-refractivity contribution is -0.121. The Morgan fingerprint density at radius 3 is 2.43 bits per heavy atom. The SMILES string of the molecule is COc1ccc(C(CNC(=O)CCc2ccc(OC)c(Br)c2)N2CCCCC2)cc1. The van der Waals surface area contributed by atoms with Crippen LogP contribution in [0.4, 0.5) is 0 Å². The Balaban J connectivity index is 1.58. The molecule has 5 nitrogen and oxygen atoms in total. The highest BCUT2D eigenvalue weighted by atomic mass is 79.9. The maximum Gasteiger partial charge on any atom is 0.220 e. The number of carbonyl (C=O) groups is 1. The van der Waals surface area contributed by atoms with E-state index in [4.69, 9.17) is 9.47 Å². The molecule has 1 heterocycles. The lowest BCUT2D eigenvalue weighted by Crippen LogP contribution is -2.40. The second-order valence-corrected chi connectivity index (χ2v) is 8.51. The molecule has 1 N–H and O–H groups in total. The van der Waals surface area contributed by atoms with Crippen molar-refractivity contribution in [3.8, 4) is 11.5 Å². The zero-order chi connectivity index (χ0) is 21.3. The van der Waals surface area contributed by atoms with Crippen molar-refractivity contribution in [2.75, 3.05) is 33.9 Å². The third kappa shape index (κ3) is 6.22. The fourth-order valence-corrected chi connectivity index (χ4v) is 4.52. The van der Waals surface area contributed by atoms with E-state index in [1.165, 1.54) is 24.8 Å². The van der Waals surface area contributed by atoms with Crippen molar-refractivity contribution in [2.24, 2.45) is 0 Å². The predicted octanol–water partition coefficient (Wildman–Crippen LogP) is 4.74. The molecule has 0 radical (unpaired) electrons. The second-order valence-electron chi connectivity index (χ2n) is 7.66. The Bertz CT molecular complexity index is 820. The van der Waals surface area contributed by atoms with Crippen LogP contribution in [0.3, 0.4) is 0 Å². The normalized spacial score (nSPS) is 15.4. The first kappa shape index (κ1) is 22.6. The summed E-state index contributed by atoms with van der Waals surface area (Å²) in [5, 5.41) is 3.17. The smallest absolute Gasteiger partial charge is 0.220 e. The van der Waals surface area contributed by atoms with Gasteiger partial charge in [0, 0.05) is 13.0 Å². The minimum absolute atomic E-state index is 0.0810. The van der Waals surface area contributed by atoms with E-state index in [0.29, 0.717) is 19.4 Å². The molecule has 3 rings (SSSR count). The number of hydrogen-bond donors (Lipinski definition) is 1. The third-order valence-electron chi connectivity index (χ3n) is 5.68. The van der Waals surface area contributed by atoms with Gasteiger partial charge in [-0.3, -0.25) is 9.69 Å². The monoisotopic (exact) mass is 474 g/mol. The van der Waals surface area contributed by atoms with E-state index >= 15 is 0 Å². The summed E-state index contributed by atoms with van der Waals surface area (Å²) >= 11 is 3.50. The number of benzene rings is 2. The lowest BCUT2D eigenvalue weighted by atomic mass is 10.0. The van der Waals surface area contributed by atoms with Crippen molar-refractivity contribution in [1.82, 2.24) is 10.2 Å². The second kappa shape index (κ2) is 11.4. The van der Waals surface area contributed by atoms with Crippen LogP contribution in [-0.4, -0.2) is 44.7 Å². The van der Waals surface area contributed by atoms with Crippen LogP contribution < -0.4 is 14.8 Å². The fraction of sp³-hybridized carbons (Fsp3) is 0.458. The topological polar surface area (TPSA) is 50.8 Å². The van der Waals surface area contributed by atoms with Gasteiger partial charge in [-0.2, -0.15) is 0 Å². The highest BCUT2D eigenvalue weighted by Crippen LogP contribution is 2.27. The van der Waals surface area contributed by atoms with Gasteiger partial charge in [-0.15, -0.1) is 0 Å². The number of nitrogens with zero attached hydrogens (tertiary/aromatic N) is 1. The molecule has 2 aromatic carbocycles. The first-order chi connectivity index (χ1) is 14.6. The zero-order valence-electron chi connectivity index (χ0n) is 17.8. The van der Waals surface area contributed by atoms with Crippen molar-refractivity contribution >= 4 is 21.8 Å². The molecule has 0 aromatic heterocycles. The molecular weight excluding hydrogens is 444 g/mol. The fourth-order valence-electron chi connectivity index (χ4n) is 3.94. The molecule has 1 aliphatic heterocycles. The molecule has 162 valence electrons. The van der Waals surface area contributed by atoms with Gasteiger partial charge < -0.3 is 14.8 Å². The summed E-state index contributed by atoms with van der Waals surface area (Å²) in [5.74, 6) is 1.73. The molecule has 2 aromatic rings. The number of ether oxygens (including phenoxy) is 2. The number of halogens is 1. The first-order valence-corrected chi connectivity index (χ1v) is 11.4. The van der Waals surface area contributed by atoms with Crippen LogP contribution in [0.5, 0.6) is 11.5 Å². The molecule has 0 saturated carbocycles. The van der Waals surface area contributed by atoms with Crippen molar-refractivity contribution in [2.45, 2.75) is 38.1 Å². The number of hydrogen-bond acceptors (Lipinski definition) is 4. The molecule has 1 saturated heterocycles. The van der Waals surface area contributed by atoms with E-state index in [0.717, 1.165) is 34.6 Å². The minimum Gasteiger partial charge on any atom is -0.497 e. The Morgan fingerprint density at radius 2 is 1.80 bits per heavy atom. The van der Waals surface area contributed by atoms with Crippen LogP contribution in [0.25, 0.3) is 0 Å². The number of methoxy groups -OCH3 is 2. The van der Waals surface area contributed by atoms with E-state index in [2.05, 4.69) is 38.3 Å². The van der Waals surface area contributed by atoms with Crippen LogP contribution in [0.15, 0.2) is 46.9 Å². The summed E-state index contributed by atoms with van der Waals surface area (Å²) in [6, 6.07) is 14.3. The van der Waals surface area contributed by atoms with E-state index in [1.807, 2.05) is 30.3 Å². The summed E-state index contributed by atoms with van der Waals surface area (Å²) in [5.41, 5.74) is 2.33. The lowest BCUT2D eigenvalue weighted by Gasteiger charge is -2.35. The molecule has 1 unspecified atom stereocenters. The Morgan fingerprint density at radius 1 is 1.07 bits per heavy atom. The number of aryl methyl sites for hydroxylation is 1.